The molecule has 5 nitrogen and oxygen atoms in total. The third-order valence-corrected chi connectivity index (χ3v) is 4.76. The van der Waals surface area contributed by atoms with Crippen molar-refractivity contribution in [3.8, 4) is 5.69 Å². The lowest BCUT2D eigenvalue weighted by Crippen LogP contribution is -2.29. The van der Waals surface area contributed by atoms with Crippen LogP contribution in [-0.4, -0.2) is 20.4 Å². The van der Waals surface area contributed by atoms with Gasteiger partial charge in [0.05, 0.1) is 11.7 Å². The number of aromatic nitrogens is 3. The number of pyridine rings is 1. The molecule has 0 aliphatic carbocycles. The zero-order valence-corrected chi connectivity index (χ0v) is 15.8. The molecule has 138 valence electrons. The van der Waals surface area contributed by atoms with Gasteiger partial charge in [-0.15, -0.1) is 0 Å². The number of H-pyrrole nitrogens is 1. The molecule has 1 unspecified atom stereocenters. The molecule has 2 aromatic heterocycles. The Balaban J connectivity index is 1.60. The van der Waals surface area contributed by atoms with Gasteiger partial charge in [0.25, 0.3) is 5.91 Å². The van der Waals surface area contributed by atoms with Crippen LogP contribution in [0.1, 0.15) is 27.7 Å². The van der Waals surface area contributed by atoms with Gasteiger partial charge in [-0.25, -0.2) is 0 Å². The first kappa shape index (κ1) is 17.9. The number of imidazole rings is 1. The molecule has 28 heavy (non-hydrogen) atoms. The largest absolute Gasteiger partial charge is 0.340 e. The van der Waals surface area contributed by atoms with Gasteiger partial charge in [0.2, 0.25) is 0 Å². The maximum absolute atomic E-state index is 12.9. The number of hydrogen-bond acceptors (Lipinski definition) is 3. The third-order valence-electron chi connectivity index (χ3n) is 4.45. The van der Waals surface area contributed by atoms with E-state index in [-0.39, 0.29) is 11.9 Å². The van der Waals surface area contributed by atoms with Crippen LogP contribution in [0, 0.1) is 4.77 Å². The molecule has 0 saturated heterocycles. The molecule has 2 heterocycles. The van der Waals surface area contributed by atoms with E-state index >= 15 is 0 Å². The second kappa shape index (κ2) is 8.02. The predicted molar refractivity (Wildman–Crippen MR) is 111 cm³/mol. The second-order valence-electron chi connectivity index (χ2n) is 6.25. The number of nitrogens with zero attached hydrogens (tertiary/aromatic N) is 2. The average molecular weight is 386 g/mol. The molecule has 0 aliphatic rings. The quantitative estimate of drug-likeness (QED) is 0.498. The van der Waals surface area contributed by atoms with Crippen LogP contribution in [0.15, 0.2) is 91.4 Å². The lowest BCUT2D eigenvalue weighted by Gasteiger charge is -2.19. The highest BCUT2D eigenvalue weighted by molar-refractivity contribution is 7.71. The van der Waals surface area contributed by atoms with Crippen molar-refractivity contribution in [1.29, 1.82) is 0 Å². The van der Waals surface area contributed by atoms with E-state index in [0.717, 1.165) is 16.9 Å². The Kier molecular flexibility index (Phi) is 5.12. The van der Waals surface area contributed by atoms with Crippen LogP contribution < -0.4 is 5.32 Å². The van der Waals surface area contributed by atoms with Gasteiger partial charge in [0.15, 0.2) is 4.77 Å². The number of carbonyl (C=O) groups is 1. The van der Waals surface area contributed by atoms with Crippen molar-refractivity contribution in [1.82, 2.24) is 19.9 Å². The summed E-state index contributed by atoms with van der Waals surface area (Å²) in [7, 11) is 0. The molecule has 1 atom stereocenters. The standard InChI is InChI=1S/C22H18N4OS/c27-21(17-9-11-18(12-10-17)26-15-14-24-22(26)28)25-20(16-6-2-1-3-7-16)19-8-4-5-13-23-19/h1-15,20H,(H,24,28)(H,25,27). The Labute approximate surface area is 167 Å². The fraction of sp³-hybridized carbons (Fsp3) is 0.0455. The normalized spacial score (nSPS) is 11.7. The molecule has 4 rings (SSSR count). The van der Waals surface area contributed by atoms with E-state index in [2.05, 4.69) is 15.3 Å². The van der Waals surface area contributed by atoms with Crippen LogP contribution in [0.3, 0.4) is 0 Å². The van der Waals surface area contributed by atoms with E-state index in [1.165, 1.54) is 0 Å². The number of carbonyl (C=O) groups excluding carboxylic acids is 1. The van der Waals surface area contributed by atoms with Crippen LogP contribution in [0.4, 0.5) is 0 Å². The zero-order valence-electron chi connectivity index (χ0n) is 14.9. The van der Waals surface area contributed by atoms with Gasteiger partial charge in [-0.2, -0.15) is 0 Å². The van der Waals surface area contributed by atoms with Crippen LogP contribution in [0.5, 0.6) is 0 Å². The lowest BCUT2D eigenvalue weighted by atomic mass is 10.0. The molecule has 4 aromatic rings. The van der Waals surface area contributed by atoms with E-state index in [0.29, 0.717) is 10.3 Å². The van der Waals surface area contributed by atoms with E-state index < -0.39 is 0 Å². The summed E-state index contributed by atoms with van der Waals surface area (Å²) < 4.78 is 2.45. The number of aromatic amines is 1. The van der Waals surface area contributed by atoms with Gasteiger partial charge < -0.3 is 10.3 Å². The van der Waals surface area contributed by atoms with Crippen molar-refractivity contribution >= 4 is 18.1 Å². The molecular weight excluding hydrogens is 368 g/mol. The SMILES string of the molecule is O=C(NC(c1ccccc1)c1ccccn1)c1ccc(-n2cc[nH]c2=S)cc1. The molecule has 2 aromatic carbocycles. The van der Waals surface area contributed by atoms with Crippen molar-refractivity contribution in [2.24, 2.45) is 0 Å². The Bertz CT molecular complexity index is 1080. The monoisotopic (exact) mass is 386 g/mol. The zero-order chi connectivity index (χ0) is 19.3. The fourth-order valence-corrected chi connectivity index (χ4v) is 3.27. The highest BCUT2D eigenvalue weighted by Crippen LogP contribution is 2.21. The van der Waals surface area contributed by atoms with Crippen molar-refractivity contribution in [2.45, 2.75) is 6.04 Å². The number of nitrogens with one attached hydrogen (secondary N) is 2. The molecule has 0 radical (unpaired) electrons. The molecular formula is C22H18N4OS. The summed E-state index contributed by atoms with van der Waals surface area (Å²) in [6.07, 6.45) is 5.36. The van der Waals surface area contributed by atoms with E-state index in [9.17, 15) is 4.79 Å². The summed E-state index contributed by atoms with van der Waals surface area (Å²) in [5, 5.41) is 3.10. The average Bonchev–Trinajstić information content (AvgIpc) is 3.19. The first-order valence-electron chi connectivity index (χ1n) is 8.85. The molecule has 0 aliphatic heterocycles. The van der Waals surface area contributed by atoms with E-state index in [4.69, 9.17) is 12.2 Å². The number of amides is 1. The van der Waals surface area contributed by atoms with Crippen molar-refractivity contribution in [3.05, 3.63) is 113 Å². The minimum absolute atomic E-state index is 0.163. The summed E-state index contributed by atoms with van der Waals surface area (Å²) in [4.78, 5) is 20.3. The second-order valence-corrected chi connectivity index (χ2v) is 6.64. The van der Waals surface area contributed by atoms with Gasteiger partial charge in [-0.05, 0) is 54.2 Å². The lowest BCUT2D eigenvalue weighted by molar-refractivity contribution is 0.0942. The maximum atomic E-state index is 12.9. The highest BCUT2D eigenvalue weighted by Gasteiger charge is 2.18. The summed E-state index contributed by atoms with van der Waals surface area (Å²) in [5.74, 6) is -0.163. The Morgan fingerprint density at radius 2 is 1.75 bits per heavy atom. The molecule has 6 heteroatoms. The van der Waals surface area contributed by atoms with Crippen LogP contribution in [-0.2, 0) is 0 Å². The minimum atomic E-state index is -0.326. The number of rotatable bonds is 5. The summed E-state index contributed by atoms with van der Waals surface area (Å²) in [6.45, 7) is 0. The molecule has 0 saturated carbocycles. The molecule has 1 amide bonds. The van der Waals surface area contributed by atoms with Crippen molar-refractivity contribution < 1.29 is 4.79 Å². The maximum Gasteiger partial charge on any atom is 0.252 e. The van der Waals surface area contributed by atoms with Gasteiger partial charge >= 0.3 is 0 Å². The molecule has 0 fully saturated rings. The Morgan fingerprint density at radius 1 is 1.00 bits per heavy atom. The van der Waals surface area contributed by atoms with Crippen LogP contribution >= 0.6 is 12.2 Å². The number of hydrogen-bond donors (Lipinski definition) is 2. The molecule has 0 bridgehead atoms. The predicted octanol–water partition coefficient (Wildman–Crippen LogP) is 4.45. The van der Waals surface area contributed by atoms with Gasteiger partial charge in [-0.3, -0.25) is 14.3 Å². The van der Waals surface area contributed by atoms with E-state index in [1.807, 2.05) is 71.4 Å². The molecule has 0 spiro atoms. The fourth-order valence-electron chi connectivity index (χ4n) is 3.03. The minimum Gasteiger partial charge on any atom is -0.340 e. The molecule has 2 N–H and O–H groups in total. The summed E-state index contributed by atoms with van der Waals surface area (Å²) in [5.41, 5.74) is 3.23. The topological polar surface area (TPSA) is 62.7 Å². The Hall–Kier alpha value is -3.51. The van der Waals surface area contributed by atoms with Gasteiger partial charge in [-0.1, -0.05) is 36.4 Å². The van der Waals surface area contributed by atoms with Crippen LogP contribution in [0.25, 0.3) is 5.69 Å². The highest BCUT2D eigenvalue weighted by atomic mass is 32.1. The van der Waals surface area contributed by atoms with Crippen molar-refractivity contribution in [3.63, 3.8) is 0 Å². The van der Waals surface area contributed by atoms with Crippen molar-refractivity contribution in [2.75, 3.05) is 0 Å². The summed E-state index contributed by atoms with van der Waals surface area (Å²) in [6, 6.07) is 22.5. The van der Waals surface area contributed by atoms with Crippen LogP contribution in [0.2, 0.25) is 0 Å². The van der Waals surface area contributed by atoms with Gasteiger partial charge in [0, 0.05) is 29.8 Å². The Morgan fingerprint density at radius 3 is 2.39 bits per heavy atom. The first-order valence-corrected chi connectivity index (χ1v) is 9.26. The third kappa shape index (κ3) is 3.77. The number of benzene rings is 2. The summed E-state index contributed by atoms with van der Waals surface area (Å²) >= 11 is 5.24. The smallest absolute Gasteiger partial charge is 0.252 e. The first-order chi connectivity index (χ1) is 13.7. The van der Waals surface area contributed by atoms with E-state index in [1.54, 1.807) is 24.5 Å². The van der Waals surface area contributed by atoms with Gasteiger partial charge in [0.1, 0.15) is 0 Å².